The molecule has 29 heavy (non-hydrogen) atoms. The Labute approximate surface area is 168 Å². The molecule has 5 heteroatoms. The molecule has 2 N–H and O–H groups in total. The third kappa shape index (κ3) is 3.76. The highest BCUT2D eigenvalue weighted by atomic mass is 16.4. The predicted octanol–water partition coefficient (Wildman–Crippen LogP) is 5.13. The second-order valence-corrected chi connectivity index (χ2v) is 7.23. The minimum Gasteiger partial charge on any atom is -0.507 e. The zero-order valence-corrected chi connectivity index (χ0v) is 16.2. The molecule has 0 radical (unpaired) electrons. The van der Waals surface area contributed by atoms with Crippen molar-refractivity contribution >= 4 is 27.8 Å². The van der Waals surface area contributed by atoms with Crippen LogP contribution in [0.5, 0.6) is 5.75 Å². The third-order valence-corrected chi connectivity index (χ3v) is 5.11. The Balaban J connectivity index is 1.91. The molecule has 0 bridgehead atoms. The molecular weight excluding hydrogens is 364 g/mol. The van der Waals surface area contributed by atoms with Gasteiger partial charge in [0.2, 0.25) is 0 Å². The number of aliphatic carboxylic acids is 1. The minimum atomic E-state index is -0.898. The lowest BCUT2D eigenvalue weighted by molar-refractivity contribution is -0.136. The smallest absolute Gasteiger partial charge is 0.307 e. The summed E-state index contributed by atoms with van der Waals surface area (Å²) in [7, 11) is 0. The van der Waals surface area contributed by atoms with Crippen LogP contribution in [-0.2, 0) is 17.6 Å². The van der Waals surface area contributed by atoms with Crippen LogP contribution in [0.15, 0.2) is 54.7 Å². The van der Waals surface area contributed by atoms with E-state index in [0.29, 0.717) is 23.2 Å². The lowest BCUT2D eigenvalue weighted by Crippen LogP contribution is -2.02. The fourth-order valence-corrected chi connectivity index (χ4v) is 3.66. The van der Waals surface area contributed by atoms with Crippen molar-refractivity contribution in [2.24, 2.45) is 0 Å². The van der Waals surface area contributed by atoms with Crippen LogP contribution in [0.4, 0.5) is 0 Å². The molecule has 5 nitrogen and oxygen atoms in total. The standard InChI is InChI=1S/C24H22N2O3/c1-2-3-5-18-12-15(14-21(27)28)13-19(24(18)29)20-10-9-17-8-7-16-6-4-11-25-22(16)23(17)26-20/h4,6-13,29H,2-3,5,14H2,1H3,(H,27,28). The van der Waals surface area contributed by atoms with Crippen LogP contribution in [0.3, 0.4) is 0 Å². The van der Waals surface area contributed by atoms with E-state index in [-0.39, 0.29) is 12.2 Å². The summed E-state index contributed by atoms with van der Waals surface area (Å²) in [5.41, 5.74) is 4.16. The lowest BCUT2D eigenvalue weighted by atomic mass is 9.96. The van der Waals surface area contributed by atoms with Crippen LogP contribution < -0.4 is 0 Å². The van der Waals surface area contributed by atoms with E-state index in [0.717, 1.165) is 40.2 Å². The molecule has 0 spiro atoms. The van der Waals surface area contributed by atoms with Crippen LogP contribution in [0, 0.1) is 0 Å². The molecule has 0 fully saturated rings. The number of hydrogen-bond donors (Lipinski definition) is 2. The van der Waals surface area contributed by atoms with E-state index in [4.69, 9.17) is 4.98 Å². The van der Waals surface area contributed by atoms with Crippen molar-refractivity contribution in [3.05, 3.63) is 65.9 Å². The molecule has 0 saturated heterocycles. The van der Waals surface area contributed by atoms with Crippen LogP contribution in [0.2, 0.25) is 0 Å². The zero-order valence-electron chi connectivity index (χ0n) is 16.2. The maximum Gasteiger partial charge on any atom is 0.307 e. The number of aryl methyl sites for hydroxylation is 1. The molecule has 2 heterocycles. The fraction of sp³-hybridized carbons (Fsp3) is 0.208. The van der Waals surface area contributed by atoms with Gasteiger partial charge in [0.05, 0.1) is 23.1 Å². The number of hydrogen-bond acceptors (Lipinski definition) is 4. The maximum atomic E-state index is 11.3. The number of fused-ring (bicyclic) bond motifs is 3. The second kappa shape index (κ2) is 7.87. The number of phenolic OH excluding ortho intramolecular Hbond substituents is 1. The Morgan fingerprint density at radius 3 is 2.55 bits per heavy atom. The van der Waals surface area contributed by atoms with E-state index in [9.17, 15) is 15.0 Å². The number of carboxylic acid groups (broad SMARTS) is 1. The van der Waals surface area contributed by atoms with Gasteiger partial charge in [-0.15, -0.1) is 0 Å². The number of unbranched alkanes of at least 4 members (excludes halogenated alkanes) is 1. The maximum absolute atomic E-state index is 11.3. The second-order valence-electron chi connectivity index (χ2n) is 7.23. The van der Waals surface area contributed by atoms with Gasteiger partial charge in [-0.2, -0.15) is 0 Å². The molecule has 4 rings (SSSR count). The first kappa shape index (κ1) is 18.9. The van der Waals surface area contributed by atoms with Gasteiger partial charge in [-0.05, 0) is 42.2 Å². The lowest BCUT2D eigenvalue weighted by Gasteiger charge is -2.13. The Kier molecular flexibility index (Phi) is 5.12. The highest BCUT2D eigenvalue weighted by Gasteiger charge is 2.15. The molecule has 4 aromatic rings. The first-order valence-corrected chi connectivity index (χ1v) is 9.78. The van der Waals surface area contributed by atoms with Crippen molar-refractivity contribution < 1.29 is 15.0 Å². The molecule has 0 aliphatic carbocycles. The van der Waals surface area contributed by atoms with Gasteiger partial charge in [0.15, 0.2) is 0 Å². The largest absolute Gasteiger partial charge is 0.507 e. The van der Waals surface area contributed by atoms with Crippen LogP contribution >= 0.6 is 0 Å². The van der Waals surface area contributed by atoms with Crippen LogP contribution in [0.25, 0.3) is 33.1 Å². The normalized spacial score (nSPS) is 11.2. The highest BCUT2D eigenvalue weighted by Crippen LogP contribution is 2.35. The van der Waals surface area contributed by atoms with Crippen molar-refractivity contribution in [2.75, 3.05) is 0 Å². The summed E-state index contributed by atoms with van der Waals surface area (Å²) < 4.78 is 0. The first-order valence-electron chi connectivity index (χ1n) is 9.78. The number of rotatable bonds is 6. The van der Waals surface area contributed by atoms with Crippen molar-refractivity contribution in [1.82, 2.24) is 9.97 Å². The first-order chi connectivity index (χ1) is 14.1. The quantitative estimate of drug-likeness (QED) is 0.449. The predicted molar refractivity (Wildman–Crippen MR) is 114 cm³/mol. The summed E-state index contributed by atoms with van der Waals surface area (Å²) in [4.78, 5) is 20.5. The van der Waals surface area contributed by atoms with Crippen molar-refractivity contribution in [1.29, 1.82) is 0 Å². The van der Waals surface area contributed by atoms with Gasteiger partial charge >= 0.3 is 5.97 Å². The topological polar surface area (TPSA) is 83.3 Å². The molecular formula is C24H22N2O3. The van der Waals surface area contributed by atoms with E-state index in [1.54, 1.807) is 18.3 Å². The minimum absolute atomic E-state index is 0.0928. The van der Waals surface area contributed by atoms with Gasteiger partial charge in [0.25, 0.3) is 0 Å². The summed E-state index contributed by atoms with van der Waals surface area (Å²) in [5.74, 6) is -0.725. The van der Waals surface area contributed by atoms with Gasteiger partial charge in [-0.25, -0.2) is 4.98 Å². The molecule has 0 unspecified atom stereocenters. The fourth-order valence-electron chi connectivity index (χ4n) is 3.66. The molecule has 0 amide bonds. The van der Waals surface area contributed by atoms with Gasteiger partial charge in [0.1, 0.15) is 5.75 Å². The average molecular weight is 386 g/mol. The summed E-state index contributed by atoms with van der Waals surface area (Å²) in [6.07, 6.45) is 4.25. The third-order valence-electron chi connectivity index (χ3n) is 5.11. The number of carbonyl (C=O) groups is 1. The Morgan fingerprint density at radius 1 is 1.03 bits per heavy atom. The van der Waals surface area contributed by atoms with Gasteiger partial charge < -0.3 is 10.2 Å². The van der Waals surface area contributed by atoms with E-state index >= 15 is 0 Å². The monoisotopic (exact) mass is 386 g/mol. The molecule has 2 aromatic heterocycles. The van der Waals surface area contributed by atoms with Gasteiger partial charge in [0, 0.05) is 22.5 Å². The number of carboxylic acids is 1. The summed E-state index contributed by atoms with van der Waals surface area (Å²) >= 11 is 0. The summed E-state index contributed by atoms with van der Waals surface area (Å²) in [6, 6.07) is 15.2. The van der Waals surface area contributed by atoms with E-state index < -0.39 is 5.97 Å². The SMILES string of the molecule is CCCCc1cc(CC(=O)O)cc(-c2ccc3ccc4cccnc4c3n2)c1O. The van der Waals surface area contributed by atoms with Gasteiger partial charge in [-0.1, -0.05) is 43.7 Å². The average Bonchev–Trinajstić information content (AvgIpc) is 2.73. The zero-order chi connectivity index (χ0) is 20.4. The van der Waals surface area contributed by atoms with E-state index in [1.807, 2.05) is 36.4 Å². The number of benzene rings is 2. The number of phenols is 1. The Bertz CT molecular complexity index is 1220. The number of aromatic hydroxyl groups is 1. The molecule has 146 valence electrons. The molecule has 0 saturated carbocycles. The molecule has 2 aromatic carbocycles. The van der Waals surface area contributed by atoms with E-state index in [2.05, 4.69) is 11.9 Å². The summed E-state index contributed by atoms with van der Waals surface area (Å²) in [6.45, 7) is 2.09. The van der Waals surface area contributed by atoms with E-state index in [1.165, 1.54) is 0 Å². The Morgan fingerprint density at radius 2 is 1.79 bits per heavy atom. The summed E-state index contributed by atoms with van der Waals surface area (Å²) in [5, 5.41) is 22.1. The van der Waals surface area contributed by atoms with Gasteiger partial charge in [-0.3, -0.25) is 9.78 Å². The van der Waals surface area contributed by atoms with Crippen molar-refractivity contribution in [3.8, 4) is 17.0 Å². The number of pyridine rings is 2. The van der Waals surface area contributed by atoms with Crippen molar-refractivity contribution in [2.45, 2.75) is 32.6 Å². The Hall–Kier alpha value is -3.47. The van der Waals surface area contributed by atoms with Crippen LogP contribution in [-0.4, -0.2) is 26.2 Å². The molecule has 0 aliphatic rings. The number of aromatic nitrogens is 2. The van der Waals surface area contributed by atoms with Crippen LogP contribution in [0.1, 0.15) is 30.9 Å². The highest BCUT2D eigenvalue weighted by molar-refractivity contribution is 6.03. The molecule has 0 atom stereocenters. The van der Waals surface area contributed by atoms with Crippen molar-refractivity contribution in [3.63, 3.8) is 0 Å². The number of nitrogens with zero attached hydrogens (tertiary/aromatic N) is 2. The molecule has 0 aliphatic heterocycles.